The van der Waals surface area contributed by atoms with Gasteiger partial charge < -0.3 is 19.2 Å². The summed E-state index contributed by atoms with van der Waals surface area (Å²) in [6, 6.07) is 6.83. The van der Waals surface area contributed by atoms with Crippen LogP contribution in [0.25, 0.3) is 0 Å². The molecule has 27 heavy (non-hydrogen) atoms. The van der Waals surface area contributed by atoms with Crippen molar-refractivity contribution in [3.8, 4) is 5.95 Å². The highest BCUT2D eigenvalue weighted by Gasteiger charge is 2.26. The number of hydrogen-bond donors (Lipinski definition) is 1. The van der Waals surface area contributed by atoms with Crippen LogP contribution in [0.1, 0.15) is 40.2 Å². The van der Waals surface area contributed by atoms with Gasteiger partial charge in [-0.2, -0.15) is 10.2 Å². The van der Waals surface area contributed by atoms with Crippen molar-refractivity contribution in [2.24, 2.45) is 7.05 Å². The van der Waals surface area contributed by atoms with E-state index >= 15 is 0 Å². The molecule has 0 radical (unpaired) electrons. The minimum atomic E-state index is -0.865. The Labute approximate surface area is 155 Å². The summed E-state index contributed by atoms with van der Waals surface area (Å²) in [4.78, 5) is 14.5. The van der Waals surface area contributed by atoms with E-state index in [9.17, 15) is 9.90 Å². The Balaban J connectivity index is 1.56. The molecular formula is C18H21N5O4. The van der Waals surface area contributed by atoms with E-state index in [1.807, 2.05) is 10.7 Å². The number of methoxy groups -OCH3 is 1. The summed E-state index contributed by atoms with van der Waals surface area (Å²) >= 11 is 0. The number of nitrogens with zero attached hydrogens (tertiary/aromatic N) is 5. The van der Waals surface area contributed by atoms with Gasteiger partial charge in [0.2, 0.25) is 0 Å². The summed E-state index contributed by atoms with van der Waals surface area (Å²) in [6.45, 7) is 1.68. The van der Waals surface area contributed by atoms with Crippen LogP contribution in [-0.2, 0) is 20.1 Å². The van der Waals surface area contributed by atoms with Crippen LogP contribution in [0, 0.1) is 0 Å². The Kier molecular flexibility index (Phi) is 4.44. The van der Waals surface area contributed by atoms with Gasteiger partial charge in [0.05, 0.1) is 30.7 Å². The molecular weight excluding hydrogens is 350 g/mol. The Bertz CT molecular complexity index is 957. The zero-order chi connectivity index (χ0) is 19.0. The highest BCUT2D eigenvalue weighted by atomic mass is 16.6. The average molecular weight is 371 g/mol. The lowest BCUT2D eigenvalue weighted by Gasteiger charge is -2.18. The number of aliphatic hydroxyl groups excluding tert-OH is 1. The number of hydrogen-bond acceptors (Lipinski definition) is 6. The van der Waals surface area contributed by atoms with Crippen LogP contribution >= 0.6 is 0 Å². The number of amides is 1. The fourth-order valence-corrected chi connectivity index (χ4v) is 3.30. The summed E-state index contributed by atoms with van der Waals surface area (Å²) in [6.07, 6.45) is 1.53. The van der Waals surface area contributed by atoms with Crippen molar-refractivity contribution < 1.29 is 19.1 Å². The minimum absolute atomic E-state index is 0.193. The second-order valence-electron chi connectivity index (χ2n) is 6.47. The van der Waals surface area contributed by atoms with E-state index in [0.717, 1.165) is 12.1 Å². The quantitative estimate of drug-likeness (QED) is 0.743. The zero-order valence-electron chi connectivity index (χ0n) is 15.2. The van der Waals surface area contributed by atoms with Crippen molar-refractivity contribution >= 4 is 5.91 Å². The SMILES string of the molecule is COc1ccc(C(=O)N2CCCn3nc([C@@H](O)c4ccnn4C)cc3C2)o1. The van der Waals surface area contributed by atoms with Gasteiger partial charge in [0.1, 0.15) is 6.10 Å². The van der Waals surface area contributed by atoms with E-state index in [4.69, 9.17) is 9.15 Å². The number of furan rings is 1. The van der Waals surface area contributed by atoms with Gasteiger partial charge in [-0.05, 0) is 24.6 Å². The predicted octanol–water partition coefficient (Wildman–Crippen LogP) is 1.35. The van der Waals surface area contributed by atoms with E-state index in [1.165, 1.54) is 7.11 Å². The first-order valence-corrected chi connectivity index (χ1v) is 8.72. The molecule has 1 aliphatic heterocycles. The van der Waals surface area contributed by atoms with E-state index in [2.05, 4.69) is 10.2 Å². The van der Waals surface area contributed by atoms with Crippen molar-refractivity contribution in [1.29, 1.82) is 0 Å². The summed E-state index contributed by atoms with van der Waals surface area (Å²) < 4.78 is 13.9. The lowest BCUT2D eigenvalue weighted by atomic mass is 10.2. The molecule has 0 aromatic carbocycles. The number of aliphatic hydroxyl groups is 1. The molecule has 142 valence electrons. The molecule has 0 aliphatic carbocycles. The molecule has 9 nitrogen and oxygen atoms in total. The smallest absolute Gasteiger partial charge is 0.290 e. The van der Waals surface area contributed by atoms with Gasteiger partial charge in [0.25, 0.3) is 11.9 Å². The summed E-state index contributed by atoms with van der Waals surface area (Å²) in [5.74, 6) is 0.358. The molecule has 9 heteroatoms. The molecule has 1 atom stereocenters. The zero-order valence-corrected chi connectivity index (χ0v) is 15.2. The average Bonchev–Trinajstić information content (AvgIpc) is 3.38. The fraction of sp³-hybridized carbons (Fsp3) is 0.389. The molecule has 0 fully saturated rings. The molecule has 1 amide bonds. The second kappa shape index (κ2) is 6.92. The van der Waals surface area contributed by atoms with Crippen molar-refractivity contribution in [2.75, 3.05) is 13.7 Å². The van der Waals surface area contributed by atoms with Crippen LogP contribution in [0.5, 0.6) is 5.95 Å². The number of aryl methyl sites for hydroxylation is 2. The van der Waals surface area contributed by atoms with Gasteiger partial charge in [-0.25, -0.2) is 0 Å². The van der Waals surface area contributed by atoms with Crippen LogP contribution in [-0.4, -0.2) is 49.1 Å². The highest BCUT2D eigenvalue weighted by molar-refractivity contribution is 5.91. The monoisotopic (exact) mass is 371 g/mol. The third-order valence-corrected chi connectivity index (χ3v) is 4.73. The molecule has 4 rings (SSSR count). The number of rotatable bonds is 4. The minimum Gasteiger partial charge on any atom is -0.468 e. The van der Waals surface area contributed by atoms with E-state index in [-0.39, 0.29) is 11.7 Å². The van der Waals surface area contributed by atoms with Gasteiger partial charge in [-0.1, -0.05) is 0 Å². The van der Waals surface area contributed by atoms with Gasteiger partial charge >= 0.3 is 0 Å². The van der Waals surface area contributed by atoms with Gasteiger partial charge in [-0.3, -0.25) is 14.2 Å². The van der Waals surface area contributed by atoms with Crippen LogP contribution < -0.4 is 4.74 Å². The predicted molar refractivity (Wildman–Crippen MR) is 94.1 cm³/mol. The molecule has 0 saturated heterocycles. The van der Waals surface area contributed by atoms with Gasteiger partial charge in [-0.15, -0.1) is 0 Å². The van der Waals surface area contributed by atoms with E-state index < -0.39 is 6.10 Å². The lowest BCUT2D eigenvalue weighted by molar-refractivity contribution is 0.0707. The maximum absolute atomic E-state index is 12.7. The Morgan fingerprint density at radius 3 is 2.89 bits per heavy atom. The standard InChI is InChI=1S/C18H21N5O4/c1-21-14(6-7-19-21)17(24)13-10-12-11-22(8-3-9-23(12)20-13)18(25)15-4-5-16(26-2)27-15/h4-7,10,17,24H,3,8-9,11H2,1-2H3/t17-/m1/s1. The summed E-state index contributed by atoms with van der Waals surface area (Å²) in [5, 5.41) is 19.2. The fourth-order valence-electron chi connectivity index (χ4n) is 3.30. The first kappa shape index (κ1) is 17.3. The Morgan fingerprint density at radius 1 is 1.33 bits per heavy atom. The van der Waals surface area contributed by atoms with E-state index in [0.29, 0.717) is 37.0 Å². The normalized spacial score (nSPS) is 15.3. The summed E-state index contributed by atoms with van der Waals surface area (Å²) in [7, 11) is 3.27. The van der Waals surface area contributed by atoms with Crippen LogP contribution in [0.15, 0.2) is 34.9 Å². The van der Waals surface area contributed by atoms with E-state index in [1.54, 1.807) is 41.0 Å². The Morgan fingerprint density at radius 2 is 2.19 bits per heavy atom. The van der Waals surface area contributed by atoms with Crippen molar-refractivity contribution in [1.82, 2.24) is 24.5 Å². The molecule has 0 spiro atoms. The maximum Gasteiger partial charge on any atom is 0.290 e. The van der Waals surface area contributed by atoms with Crippen LogP contribution in [0.3, 0.4) is 0 Å². The van der Waals surface area contributed by atoms with Crippen molar-refractivity contribution in [2.45, 2.75) is 25.6 Å². The van der Waals surface area contributed by atoms with Gasteiger partial charge in [0, 0.05) is 32.4 Å². The van der Waals surface area contributed by atoms with Crippen LogP contribution in [0.4, 0.5) is 0 Å². The number of aromatic nitrogens is 4. The largest absolute Gasteiger partial charge is 0.468 e. The molecule has 0 unspecified atom stereocenters. The molecule has 0 bridgehead atoms. The van der Waals surface area contributed by atoms with Gasteiger partial charge in [0.15, 0.2) is 5.76 Å². The van der Waals surface area contributed by atoms with Crippen molar-refractivity contribution in [3.63, 3.8) is 0 Å². The number of carbonyl (C=O) groups is 1. The molecule has 1 aliphatic rings. The summed E-state index contributed by atoms with van der Waals surface area (Å²) in [5.41, 5.74) is 2.08. The Hall–Kier alpha value is -3.07. The van der Waals surface area contributed by atoms with Crippen LogP contribution in [0.2, 0.25) is 0 Å². The third kappa shape index (κ3) is 3.21. The second-order valence-corrected chi connectivity index (χ2v) is 6.47. The lowest BCUT2D eigenvalue weighted by Crippen LogP contribution is -2.30. The number of ether oxygens (including phenoxy) is 1. The first-order chi connectivity index (χ1) is 13.1. The van der Waals surface area contributed by atoms with Crippen molar-refractivity contribution in [3.05, 3.63) is 53.3 Å². The first-order valence-electron chi connectivity index (χ1n) is 8.72. The molecule has 3 aromatic rings. The number of fused-ring (bicyclic) bond motifs is 1. The topological polar surface area (TPSA) is 98.5 Å². The molecule has 4 heterocycles. The molecule has 0 saturated carbocycles. The highest BCUT2D eigenvalue weighted by Crippen LogP contribution is 2.24. The number of carbonyl (C=O) groups excluding carboxylic acids is 1. The maximum atomic E-state index is 12.7. The molecule has 3 aromatic heterocycles. The molecule has 1 N–H and O–H groups in total. The third-order valence-electron chi connectivity index (χ3n) is 4.73.